The zero-order valence-electron chi connectivity index (χ0n) is 12.1. The molecule has 0 aliphatic carbocycles. The summed E-state index contributed by atoms with van der Waals surface area (Å²) in [6, 6.07) is 4.86. The van der Waals surface area contributed by atoms with E-state index in [1.165, 1.54) is 10.6 Å². The highest BCUT2D eigenvalue weighted by Gasteiger charge is 2.24. The second kappa shape index (κ2) is 5.72. The van der Waals surface area contributed by atoms with Gasteiger partial charge in [0.15, 0.2) is 5.03 Å². The van der Waals surface area contributed by atoms with Crippen LogP contribution < -0.4 is 4.72 Å². The molecule has 2 aromatic rings. The second-order valence-corrected chi connectivity index (χ2v) is 6.61. The van der Waals surface area contributed by atoms with Gasteiger partial charge in [-0.25, -0.2) is 4.72 Å². The zero-order valence-corrected chi connectivity index (χ0v) is 13.0. The van der Waals surface area contributed by atoms with Crippen molar-refractivity contribution in [1.29, 1.82) is 0 Å². The van der Waals surface area contributed by atoms with E-state index in [0.29, 0.717) is 6.42 Å². The largest absolute Gasteiger partial charge is 0.340 e. The van der Waals surface area contributed by atoms with Gasteiger partial charge in [0.1, 0.15) is 0 Å². The summed E-state index contributed by atoms with van der Waals surface area (Å²) < 4.78 is 29.5. The number of sulfonamides is 1. The van der Waals surface area contributed by atoms with Crippen LogP contribution in [0.2, 0.25) is 0 Å². The Balaban J connectivity index is 2.07. The maximum atomic E-state index is 12.1. The molecule has 1 N–H and O–H groups in total. The predicted octanol–water partition coefficient (Wildman–Crippen LogP) is 0.442. The average molecular weight is 310 g/mol. The van der Waals surface area contributed by atoms with Crippen LogP contribution in [-0.2, 0) is 35.3 Å². The van der Waals surface area contributed by atoms with Crippen molar-refractivity contribution in [1.82, 2.24) is 19.1 Å². The van der Waals surface area contributed by atoms with E-state index >= 15 is 0 Å². The molecular weight excluding hydrogens is 292 g/mol. The van der Waals surface area contributed by atoms with E-state index in [0.717, 1.165) is 5.69 Å². The molecule has 0 radical (unpaired) electrons. The molecule has 1 amide bonds. The van der Waals surface area contributed by atoms with E-state index < -0.39 is 21.8 Å². The van der Waals surface area contributed by atoms with Crippen LogP contribution in [0, 0.1) is 5.92 Å². The molecule has 8 heteroatoms. The Morgan fingerprint density at radius 2 is 2.10 bits per heavy atom. The van der Waals surface area contributed by atoms with Crippen LogP contribution in [0.1, 0.15) is 12.6 Å². The summed E-state index contributed by atoms with van der Waals surface area (Å²) in [6.45, 7) is 1.68. The van der Waals surface area contributed by atoms with Gasteiger partial charge in [0.2, 0.25) is 5.91 Å². The molecule has 114 valence electrons. The lowest BCUT2D eigenvalue weighted by Crippen LogP contribution is -2.36. The fraction of sp³-hybridized carbons (Fsp3) is 0.385. The lowest BCUT2D eigenvalue weighted by atomic mass is 10.1. The second-order valence-electron chi connectivity index (χ2n) is 4.98. The van der Waals surface area contributed by atoms with Gasteiger partial charge in [-0.05, 0) is 18.2 Å². The minimum atomic E-state index is -3.84. The highest BCUT2D eigenvalue weighted by molar-refractivity contribution is 7.90. The maximum Gasteiger partial charge on any atom is 0.279 e. The zero-order chi connectivity index (χ0) is 15.6. The van der Waals surface area contributed by atoms with Crippen molar-refractivity contribution in [2.45, 2.75) is 18.4 Å². The van der Waals surface area contributed by atoms with E-state index in [9.17, 15) is 13.2 Å². The van der Waals surface area contributed by atoms with Gasteiger partial charge in [-0.2, -0.15) is 13.5 Å². The molecule has 0 spiro atoms. The summed E-state index contributed by atoms with van der Waals surface area (Å²) in [5.41, 5.74) is 0.869. The number of carbonyl (C=O) groups excluding carboxylic acids is 1. The molecule has 0 saturated heterocycles. The van der Waals surface area contributed by atoms with E-state index in [1.54, 1.807) is 50.2 Å². The minimum absolute atomic E-state index is 0.0589. The number of hydrogen-bond acceptors (Lipinski definition) is 4. The van der Waals surface area contributed by atoms with Crippen LogP contribution in [0.3, 0.4) is 0 Å². The molecule has 0 bridgehead atoms. The van der Waals surface area contributed by atoms with Crippen molar-refractivity contribution in [3.05, 3.63) is 36.3 Å². The summed E-state index contributed by atoms with van der Waals surface area (Å²) in [7, 11) is -0.452. The molecule has 1 atom stereocenters. The van der Waals surface area contributed by atoms with Gasteiger partial charge in [0.05, 0.1) is 0 Å². The van der Waals surface area contributed by atoms with Gasteiger partial charge < -0.3 is 4.57 Å². The van der Waals surface area contributed by atoms with Gasteiger partial charge in [-0.3, -0.25) is 9.48 Å². The summed E-state index contributed by atoms with van der Waals surface area (Å²) in [5.74, 6) is -1.01. The number of carbonyl (C=O) groups is 1. The van der Waals surface area contributed by atoms with Crippen LogP contribution in [-0.4, -0.2) is 28.7 Å². The molecule has 0 fully saturated rings. The van der Waals surface area contributed by atoms with Gasteiger partial charge in [0, 0.05) is 44.5 Å². The first-order valence-corrected chi connectivity index (χ1v) is 7.94. The van der Waals surface area contributed by atoms with Crippen molar-refractivity contribution >= 4 is 15.9 Å². The van der Waals surface area contributed by atoms with Gasteiger partial charge in [-0.15, -0.1) is 0 Å². The lowest BCUT2D eigenvalue weighted by Gasteiger charge is -2.13. The first-order valence-electron chi connectivity index (χ1n) is 6.46. The van der Waals surface area contributed by atoms with Crippen LogP contribution >= 0.6 is 0 Å². The van der Waals surface area contributed by atoms with Crippen molar-refractivity contribution in [2.75, 3.05) is 0 Å². The Morgan fingerprint density at radius 1 is 1.38 bits per heavy atom. The normalized spacial score (nSPS) is 13.1. The molecule has 7 nitrogen and oxygen atoms in total. The summed E-state index contributed by atoms with van der Waals surface area (Å²) in [4.78, 5) is 12.1. The Bertz CT molecular complexity index is 745. The molecule has 0 aliphatic rings. The SMILES string of the molecule is CC(Cc1ccnn1C)C(=O)NS(=O)(=O)c1cccn1C. The number of amides is 1. The number of aromatic nitrogens is 3. The summed E-state index contributed by atoms with van der Waals surface area (Å²) >= 11 is 0. The van der Waals surface area contributed by atoms with Crippen molar-refractivity contribution < 1.29 is 13.2 Å². The van der Waals surface area contributed by atoms with Crippen LogP contribution in [0.25, 0.3) is 0 Å². The van der Waals surface area contributed by atoms with Crippen LogP contribution in [0.15, 0.2) is 35.6 Å². The van der Waals surface area contributed by atoms with E-state index in [4.69, 9.17) is 0 Å². The van der Waals surface area contributed by atoms with E-state index in [1.807, 2.05) is 0 Å². The smallest absolute Gasteiger partial charge is 0.279 e. The fourth-order valence-corrected chi connectivity index (χ4v) is 3.29. The Kier molecular flexibility index (Phi) is 4.17. The molecule has 2 heterocycles. The third kappa shape index (κ3) is 3.33. The Labute approximate surface area is 123 Å². The number of hydrogen-bond donors (Lipinski definition) is 1. The monoisotopic (exact) mass is 310 g/mol. The van der Waals surface area contributed by atoms with Crippen LogP contribution in [0.4, 0.5) is 0 Å². The third-order valence-electron chi connectivity index (χ3n) is 3.29. The Hall–Kier alpha value is -2.09. The first-order chi connectivity index (χ1) is 9.81. The van der Waals surface area contributed by atoms with Crippen LogP contribution in [0.5, 0.6) is 0 Å². The topological polar surface area (TPSA) is 86.0 Å². The molecule has 21 heavy (non-hydrogen) atoms. The van der Waals surface area contributed by atoms with Gasteiger partial charge in [0.25, 0.3) is 10.0 Å². The molecule has 0 aliphatic heterocycles. The summed E-state index contributed by atoms with van der Waals surface area (Å²) in [6.07, 6.45) is 3.67. The van der Waals surface area contributed by atoms with E-state index in [-0.39, 0.29) is 5.03 Å². The highest BCUT2D eigenvalue weighted by atomic mass is 32.2. The fourth-order valence-electron chi connectivity index (χ4n) is 2.02. The van der Waals surface area contributed by atoms with Gasteiger partial charge >= 0.3 is 0 Å². The third-order valence-corrected chi connectivity index (χ3v) is 4.74. The molecular formula is C13H18N4O3S. The van der Waals surface area contributed by atoms with Gasteiger partial charge in [-0.1, -0.05) is 6.92 Å². The summed E-state index contributed by atoms with van der Waals surface area (Å²) in [5, 5.41) is 4.08. The lowest BCUT2D eigenvalue weighted by molar-refractivity contribution is -0.122. The molecule has 1 unspecified atom stereocenters. The number of nitrogens with one attached hydrogen (secondary N) is 1. The Morgan fingerprint density at radius 3 is 2.62 bits per heavy atom. The average Bonchev–Trinajstić information content (AvgIpc) is 2.98. The minimum Gasteiger partial charge on any atom is -0.340 e. The van der Waals surface area contributed by atoms with Crippen molar-refractivity contribution in [2.24, 2.45) is 20.0 Å². The number of nitrogens with zero attached hydrogens (tertiary/aromatic N) is 3. The molecule has 0 aromatic carbocycles. The molecule has 2 aromatic heterocycles. The predicted molar refractivity (Wildman–Crippen MR) is 76.8 cm³/mol. The molecule has 2 rings (SSSR count). The van der Waals surface area contributed by atoms with Crippen molar-refractivity contribution in [3.63, 3.8) is 0 Å². The van der Waals surface area contributed by atoms with Crippen molar-refractivity contribution in [3.8, 4) is 0 Å². The number of aryl methyl sites for hydroxylation is 2. The number of rotatable bonds is 5. The maximum absolute atomic E-state index is 12.1. The quantitative estimate of drug-likeness (QED) is 0.868. The molecule has 0 saturated carbocycles. The highest BCUT2D eigenvalue weighted by Crippen LogP contribution is 2.11. The first kappa shape index (κ1) is 15.3. The van der Waals surface area contributed by atoms with E-state index in [2.05, 4.69) is 9.82 Å². The standard InChI is InChI=1S/C13H18N4O3S/c1-10(9-11-6-7-14-17(11)3)13(18)15-21(19,20)12-5-4-8-16(12)2/h4-8,10H,9H2,1-3H3,(H,15,18).